The molecule has 1 aromatic carbocycles. The van der Waals surface area contributed by atoms with Gasteiger partial charge in [0.15, 0.2) is 0 Å². The Hall–Kier alpha value is -2.63. The van der Waals surface area contributed by atoms with Crippen molar-refractivity contribution in [2.45, 2.75) is 27.7 Å². The van der Waals surface area contributed by atoms with Crippen LogP contribution in [0, 0.1) is 18.8 Å². The molecule has 0 saturated carbocycles. The number of aromatic carboxylic acids is 1. The number of hydrogen-bond donors (Lipinski definition) is 2. The number of nitrogens with one attached hydrogen (secondary N) is 1. The summed E-state index contributed by atoms with van der Waals surface area (Å²) < 4.78 is 1.55. The zero-order chi connectivity index (χ0) is 17.1. The minimum Gasteiger partial charge on any atom is -0.478 e. The van der Waals surface area contributed by atoms with Crippen LogP contribution in [0.2, 0.25) is 0 Å². The van der Waals surface area contributed by atoms with Gasteiger partial charge in [0, 0.05) is 11.6 Å². The van der Waals surface area contributed by atoms with E-state index >= 15 is 0 Å². The molecule has 0 aliphatic heterocycles. The van der Waals surface area contributed by atoms with E-state index in [0.29, 0.717) is 17.1 Å². The van der Waals surface area contributed by atoms with Crippen molar-refractivity contribution in [3.05, 3.63) is 41.7 Å². The topological polar surface area (TPSA) is 84.2 Å². The Balaban J connectivity index is 2.27. The van der Waals surface area contributed by atoms with Gasteiger partial charge in [-0.05, 0) is 31.0 Å². The lowest BCUT2D eigenvalue weighted by Crippen LogP contribution is -2.24. The van der Waals surface area contributed by atoms with Crippen molar-refractivity contribution in [3.8, 4) is 5.69 Å². The second-order valence-corrected chi connectivity index (χ2v) is 5.93. The Labute approximate surface area is 135 Å². The van der Waals surface area contributed by atoms with Gasteiger partial charge >= 0.3 is 5.97 Å². The Morgan fingerprint density at radius 2 is 1.96 bits per heavy atom. The highest BCUT2D eigenvalue weighted by molar-refractivity contribution is 5.92. The second kappa shape index (κ2) is 6.64. The van der Waals surface area contributed by atoms with Gasteiger partial charge < -0.3 is 10.4 Å². The summed E-state index contributed by atoms with van der Waals surface area (Å²) in [6.45, 7) is 7.59. The summed E-state index contributed by atoms with van der Waals surface area (Å²) in [5, 5.41) is 16.1. The Bertz CT molecular complexity index is 734. The Morgan fingerprint density at radius 3 is 2.52 bits per heavy atom. The first-order valence-electron chi connectivity index (χ1n) is 7.50. The van der Waals surface area contributed by atoms with Gasteiger partial charge in [0.2, 0.25) is 5.91 Å². The maximum Gasteiger partial charge on any atom is 0.339 e. The van der Waals surface area contributed by atoms with Gasteiger partial charge in [-0.2, -0.15) is 5.10 Å². The molecule has 1 heterocycles. The number of anilines is 1. The molecule has 122 valence electrons. The van der Waals surface area contributed by atoms with Crippen LogP contribution in [-0.2, 0) is 4.79 Å². The number of benzene rings is 1. The van der Waals surface area contributed by atoms with Crippen LogP contribution in [-0.4, -0.2) is 26.8 Å². The molecule has 0 radical (unpaired) electrons. The van der Waals surface area contributed by atoms with Crippen molar-refractivity contribution in [2.75, 3.05) is 5.32 Å². The Kier molecular flexibility index (Phi) is 4.83. The highest BCUT2D eigenvalue weighted by Gasteiger charge is 2.17. The lowest BCUT2D eigenvalue weighted by atomic mass is 9.97. The van der Waals surface area contributed by atoms with Gasteiger partial charge in [0.25, 0.3) is 0 Å². The molecule has 1 aromatic heterocycles. The minimum absolute atomic E-state index is 0.0411. The van der Waals surface area contributed by atoms with Crippen LogP contribution in [0.1, 0.15) is 36.8 Å². The molecule has 1 unspecified atom stereocenters. The van der Waals surface area contributed by atoms with Gasteiger partial charge in [-0.25, -0.2) is 9.48 Å². The van der Waals surface area contributed by atoms with E-state index < -0.39 is 5.97 Å². The molecule has 23 heavy (non-hydrogen) atoms. The highest BCUT2D eigenvalue weighted by Crippen LogP contribution is 2.19. The number of hydrogen-bond acceptors (Lipinski definition) is 3. The van der Waals surface area contributed by atoms with Gasteiger partial charge in [-0.1, -0.05) is 26.8 Å². The molecule has 0 bridgehead atoms. The van der Waals surface area contributed by atoms with Crippen molar-refractivity contribution >= 4 is 17.6 Å². The highest BCUT2D eigenvalue weighted by atomic mass is 16.4. The summed E-state index contributed by atoms with van der Waals surface area (Å²) >= 11 is 0. The third-order valence-corrected chi connectivity index (χ3v) is 4.01. The lowest BCUT2D eigenvalue weighted by Gasteiger charge is -2.16. The van der Waals surface area contributed by atoms with Gasteiger partial charge in [-0.3, -0.25) is 4.79 Å². The number of carbonyl (C=O) groups excluding carboxylic acids is 1. The summed E-state index contributed by atoms with van der Waals surface area (Å²) in [5.41, 5.74) is 2.06. The summed E-state index contributed by atoms with van der Waals surface area (Å²) in [4.78, 5) is 23.3. The summed E-state index contributed by atoms with van der Waals surface area (Å²) in [6.07, 6.45) is 1.32. The normalized spacial score (nSPS) is 12.2. The van der Waals surface area contributed by atoms with E-state index in [4.69, 9.17) is 5.11 Å². The van der Waals surface area contributed by atoms with Crippen molar-refractivity contribution in [3.63, 3.8) is 0 Å². The molecule has 0 saturated heterocycles. The molecule has 1 atom stereocenters. The van der Waals surface area contributed by atoms with Crippen molar-refractivity contribution in [1.29, 1.82) is 0 Å². The lowest BCUT2D eigenvalue weighted by molar-refractivity contribution is -0.120. The SMILES string of the molecule is Cc1c(C(=O)O)cnn1-c1cccc(NC(=O)C(C)C(C)C)c1. The van der Waals surface area contributed by atoms with Crippen LogP contribution in [0.15, 0.2) is 30.5 Å². The van der Waals surface area contributed by atoms with E-state index in [2.05, 4.69) is 10.4 Å². The average Bonchev–Trinajstić information content (AvgIpc) is 2.88. The number of aromatic nitrogens is 2. The van der Waals surface area contributed by atoms with Crippen LogP contribution in [0.3, 0.4) is 0 Å². The van der Waals surface area contributed by atoms with Gasteiger partial charge in [0.05, 0.1) is 17.6 Å². The second-order valence-electron chi connectivity index (χ2n) is 5.93. The zero-order valence-corrected chi connectivity index (χ0v) is 13.7. The van der Waals surface area contributed by atoms with E-state index in [9.17, 15) is 9.59 Å². The number of carbonyl (C=O) groups is 2. The average molecular weight is 315 g/mol. The smallest absolute Gasteiger partial charge is 0.339 e. The van der Waals surface area contributed by atoms with Crippen LogP contribution in [0.4, 0.5) is 5.69 Å². The van der Waals surface area contributed by atoms with Crippen molar-refractivity contribution < 1.29 is 14.7 Å². The van der Waals surface area contributed by atoms with Crippen LogP contribution in [0.5, 0.6) is 0 Å². The number of rotatable bonds is 5. The minimum atomic E-state index is -1.01. The molecule has 0 aliphatic carbocycles. The van der Waals surface area contributed by atoms with E-state index in [1.54, 1.807) is 29.8 Å². The number of carboxylic acid groups (broad SMARTS) is 1. The molecule has 0 fully saturated rings. The first-order valence-corrected chi connectivity index (χ1v) is 7.50. The largest absolute Gasteiger partial charge is 0.478 e. The molecule has 0 aliphatic rings. The number of amides is 1. The quantitative estimate of drug-likeness (QED) is 0.888. The van der Waals surface area contributed by atoms with Gasteiger partial charge in [0.1, 0.15) is 5.56 Å². The summed E-state index contributed by atoms with van der Waals surface area (Å²) in [7, 11) is 0. The molecule has 1 amide bonds. The Morgan fingerprint density at radius 1 is 1.26 bits per heavy atom. The van der Waals surface area contributed by atoms with Crippen molar-refractivity contribution in [2.24, 2.45) is 11.8 Å². The molecule has 6 nitrogen and oxygen atoms in total. The number of nitrogens with zero attached hydrogens (tertiary/aromatic N) is 2. The van der Waals surface area contributed by atoms with Gasteiger partial charge in [-0.15, -0.1) is 0 Å². The zero-order valence-electron chi connectivity index (χ0n) is 13.7. The molecule has 6 heteroatoms. The maximum absolute atomic E-state index is 12.2. The molecule has 2 aromatic rings. The number of carboxylic acids is 1. The van der Waals surface area contributed by atoms with Crippen LogP contribution < -0.4 is 5.32 Å². The fraction of sp³-hybridized carbons (Fsp3) is 0.353. The fourth-order valence-corrected chi connectivity index (χ4v) is 2.15. The first-order chi connectivity index (χ1) is 10.8. The van der Waals surface area contributed by atoms with E-state index in [0.717, 1.165) is 0 Å². The molecule has 2 rings (SSSR count). The fourth-order valence-electron chi connectivity index (χ4n) is 2.15. The standard InChI is InChI=1S/C17H21N3O3/c1-10(2)11(3)16(21)19-13-6-5-7-14(8-13)20-12(4)15(9-18-20)17(22)23/h5-11H,1-4H3,(H,19,21)(H,22,23). The van der Waals surface area contributed by atoms with Crippen LogP contribution >= 0.6 is 0 Å². The summed E-state index contributed by atoms with van der Waals surface area (Å²) in [6, 6.07) is 7.18. The van der Waals surface area contributed by atoms with E-state index in [-0.39, 0.29) is 23.3 Å². The van der Waals surface area contributed by atoms with Crippen molar-refractivity contribution in [1.82, 2.24) is 9.78 Å². The monoisotopic (exact) mass is 315 g/mol. The predicted octanol–water partition coefficient (Wildman–Crippen LogP) is 3.11. The van der Waals surface area contributed by atoms with E-state index in [1.807, 2.05) is 26.8 Å². The first kappa shape index (κ1) is 16.7. The third kappa shape index (κ3) is 3.59. The molecular formula is C17H21N3O3. The van der Waals surface area contributed by atoms with Crippen LogP contribution in [0.25, 0.3) is 5.69 Å². The summed E-state index contributed by atoms with van der Waals surface area (Å²) in [5.74, 6) is -0.891. The third-order valence-electron chi connectivity index (χ3n) is 4.01. The maximum atomic E-state index is 12.2. The molecule has 0 spiro atoms. The molecule has 2 N–H and O–H groups in total. The molecular weight excluding hydrogens is 294 g/mol. The predicted molar refractivity (Wildman–Crippen MR) is 87.9 cm³/mol. The van der Waals surface area contributed by atoms with E-state index in [1.165, 1.54) is 6.20 Å².